The van der Waals surface area contributed by atoms with Gasteiger partial charge in [-0.05, 0) is 23.8 Å². The van der Waals surface area contributed by atoms with Gasteiger partial charge in [0, 0.05) is 11.1 Å². The van der Waals surface area contributed by atoms with Crippen LogP contribution in [0, 0.1) is 0 Å². The molecule has 1 aromatic carbocycles. The van der Waals surface area contributed by atoms with Crippen LogP contribution in [0.1, 0.15) is 16.1 Å². The first-order chi connectivity index (χ1) is 8.65. The normalized spacial score (nSPS) is 10.1. The summed E-state index contributed by atoms with van der Waals surface area (Å²) in [6.07, 6.45) is 0. The lowest BCUT2D eigenvalue weighted by Crippen LogP contribution is -2.03. The number of carboxylic acids is 1. The fourth-order valence-corrected chi connectivity index (χ4v) is 1.37. The SMILES string of the molecule is O=C(O)c1ccc(OCc2ccc(Cl)cc2)nn1. The van der Waals surface area contributed by atoms with Crippen LogP contribution in [0.25, 0.3) is 0 Å². The first-order valence-electron chi connectivity index (χ1n) is 5.09. The van der Waals surface area contributed by atoms with Gasteiger partial charge in [0.05, 0.1) is 0 Å². The third-order valence-corrected chi connectivity index (χ3v) is 2.41. The lowest BCUT2D eigenvalue weighted by molar-refractivity contribution is 0.0689. The molecule has 0 unspecified atom stereocenters. The number of carbonyl (C=O) groups is 1. The Morgan fingerprint density at radius 3 is 2.44 bits per heavy atom. The highest BCUT2D eigenvalue weighted by Gasteiger charge is 2.05. The summed E-state index contributed by atoms with van der Waals surface area (Å²) in [5, 5.41) is 16.5. The molecule has 1 aromatic heterocycles. The molecule has 0 radical (unpaired) electrons. The summed E-state index contributed by atoms with van der Waals surface area (Å²) >= 11 is 5.76. The summed E-state index contributed by atoms with van der Waals surface area (Å²) in [7, 11) is 0. The van der Waals surface area contributed by atoms with Crippen LogP contribution < -0.4 is 4.74 Å². The molecule has 0 aliphatic rings. The molecule has 0 bridgehead atoms. The van der Waals surface area contributed by atoms with Crippen LogP contribution in [0.5, 0.6) is 5.88 Å². The van der Waals surface area contributed by atoms with E-state index in [1.165, 1.54) is 12.1 Å². The van der Waals surface area contributed by atoms with Crippen molar-refractivity contribution in [2.45, 2.75) is 6.61 Å². The van der Waals surface area contributed by atoms with Crippen molar-refractivity contribution in [2.24, 2.45) is 0 Å². The number of hydrogen-bond acceptors (Lipinski definition) is 4. The third kappa shape index (κ3) is 3.18. The monoisotopic (exact) mass is 264 g/mol. The summed E-state index contributed by atoms with van der Waals surface area (Å²) in [5.41, 5.74) is 0.817. The molecular formula is C12H9ClN2O3. The highest BCUT2D eigenvalue weighted by molar-refractivity contribution is 6.30. The maximum Gasteiger partial charge on any atom is 0.356 e. The molecule has 5 nitrogen and oxygen atoms in total. The maximum atomic E-state index is 10.6. The Morgan fingerprint density at radius 2 is 1.89 bits per heavy atom. The van der Waals surface area contributed by atoms with Gasteiger partial charge in [-0.1, -0.05) is 23.7 Å². The Hall–Kier alpha value is -2.14. The number of carboxylic acid groups (broad SMARTS) is 1. The number of nitrogens with zero attached hydrogens (tertiary/aromatic N) is 2. The van der Waals surface area contributed by atoms with Crippen molar-refractivity contribution < 1.29 is 14.6 Å². The van der Waals surface area contributed by atoms with Crippen molar-refractivity contribution >= 4 is 17.6 Å². The third-order valence-electron chi connectivity index (χ3n) is 2.16. The van der Waals surface area contributed by atoms with E-state index in [9.17, 15) is 4.79 Å². The molecule has 0 fully saturated rings. The van der Waals surface area contributed by atoms with Crippen LogP contribution in [0.3, 0.4) is 0 Å². The van der Waals surface area contributed by atoms with E-state index in [1.54, 1.807) is 12.1 Å². The number of halogens is 1. The summed E-state index contributed by atoms with van der Waals surface area (Å²) in [6.45, 7) is 0.318. The Labute approximate surface area is 108 Å². The maximum absolute atomic E-state index is 10.6. The molecular weight excluding hydrogens is 256 g/mol. The van der Waals surface area contributed by atoms with Gasteiger partial charge >= 0.3 is 5.97 Å². The van der Waals surface area contributed by atoms with Crippen LogP contribution in [0.4, 0.5) is 0 Å². The van der Waals surface area contributed by atoms with E-state index < -0.39 is 5.97 Å². The lowest BCUT2D eigenvalue weighted by Gasteiger charge is -2.04. The number of aromatic nitrogens is 2. The summed E-state index contributed by atoms with van der Waals surface area (Å²) in [6, 6.07) is 10.0. The molecule has 1 N–H and O–H groups in total. The Morgan fingerprint density at radius 1 is 1.17 bits per heavy atom. The van der Waals surface area contributed by atoms with E-state index in [0.717, 1.165) is 5.56 Å². The molecule has 0 aliphatic heterocycles. The van der Waals surface area contributed by atoms with Gasteiger partial charge in [0.25, 0.3) is 0 Å². The average Bonchev–Trinajstić information content (AvgIpc) is 2.38. The highest BCUT2D eigenvalue weighted by Crippen LogP contribution is 2.12. The van der Waals surface area contributed by atoms with Crippen molar-refractivity contribution in [3.63, 3.8) is 0 Å². The van der Waals surface area contributed by atoms with Gasteiger partial charge in [0.15, 0.2) is 5.69 Å². The van der Waals surface area contributed by atoms with Gasteiger partial charge in [-0.3, -0.25) is 0 Å². The zero-order chi connectivity index (χ0) is 13.0. The fraction of sp³-hybridized carbons (Fsp3) is 0.0833. The number of ether oxygens (including phenoxy) is 1. The van der Waals surface area contributed by atoms with Gasteiger partial charge in [-0.15, -0.1) is 10.2 Å². The van der Waals surface area contributed by atoms with Crippen LogP contribution >= 0.6 is 11.6 Å². The molecule has 2 rings (SSSR count). The molecule has 0 spiro atoms. The topological polar surface area (TPSA) is 72.3 Å². The van der Waals surface area contributed by atoms with Crippen molar-refractivity contribution in [1.82, 2.24) is 10.2 Å². The molecule has 92 valence electrons. The molecule has 0 saturated heterocycles. The van der Waals surface area contributed by atoms with Gasteiger partial charge in [-0.25, -0.2) is 4.79 Å². The zero-order valence-corrected chi connectivity index (χ0v) is 9.96. The van der Waals surface area contributed by atoms with Gasteiger partial charge in [-0.2, -0.15) is 0 Å². The highest BCUT2D eigenvalue weighted by atomic mass is 35.5. The second kappa shape index (κ2) is 5.46. The van der Waals surface area contributed by atoms with E-state index in [4.69, 9.17) is 21.4 Å². The molecule has 2 aromatic rings. The Kier molecular flexibility index (Phi) is 3.74. The Bertz CT molecular complexity index is 540. The number of benzene rings is 1. The second-order valence-electron chi connectivity index (χ2n) is 3.48. The minimum Gasteiger partial charge on any atom is -0.476 e. The fourth-order valence-electron chi connectivity index (χ4n) is 1.25. The number of aromatic carboxylic acids is 1. The predicted molar refractivity (Wildman–Crippen MR) is 64.8 cm³/mol. The second-order valence-corrected chi connectivity index (χ2v) is 3.91. The van der Waals surface area contributed by atoms with E-state index in [1.807, 2.05) is 12.1 Å². The summed E-state index contributed by atoms with van der Waals surface area (Å²) in [5.74, 6) is -0.846. The summed E-state index contributed by atoms with van der Waals surface area (Å²) < 4.78 is 5.36. The standard InChI is InChI=1S/C12H9ClN2O3/c13-9-3-1-8(2-4-9)7-18-11-6-5-10(12(16)17)14-15-11/h1-6H,7H2,(H,16,17). The molecule has 0 saturated carbocycles. The number of rotatable bonds is 4. The molecule has 6 heteroatoms. The predicted octanol–water partition coefficient (Wildman–Crippen LogP) is 2.41. The molecule has 18 heavy (non-hydrogen) atoms. The summed E-state index contributed by atoms with van der Waals surface area (Å²) in [4.78, 5) is 10.6. The van der Waals surface area contributed by atoms with E-state index >= 15 is 0 Å². The zero-order valence-electron chi connectivity index (χ0n) is 9.21. The van der Waals surface area contributed by atoms with E-state index in [0.29, 0.717) is 11.6 Å². The van der Waals surface area contributed by atoms with E-state index in [-0.39, 0.29) is 11.6 Å². The minimum absolute atomic E-state index is 0.117. The molecule has 0 amide bonds. The van der Waals surface area contributed by atoms with Crippen molar-refractivity contribution in [2.75, 3.05) is 0 Å². The largest absolute Gasteiger partial charge is 0.476 e. The van der Waals surface area contributed by atoms with Crippen LogP contribution in [-0.4, -0.2) is 21.3 Å². The van der Waals surface area contributed by atoms with Crippen LogP contribution in [0.2, 0.25) is 5.02 Å². The van der Waals surface area contributed by atoms with Crippen molar-refractivity contribution in [1.29, 1.82) is 0 Å². The van der Waals surface area contributed by atoms with Crippen molar-refractivity contribution in [3.05, 3.63) is 52.7 Å². The van der Waals surface area contributed by atoms with Gasteiger partial charge in [0.1, 0.15) is 6.61 Å². The average molecular weight is 265 g/mol. The van der Waals surface area contributed by atoms with Gasteiger partial charge in [0.2, 0.25) is 5.88 Å². The smallest absolute Gasteiger partial charge is 0.356 e. The quantitative estimate of drug-likeness (QED) is 0.918. The van der Waals surface area contributed by atoms with Crippen molar-refractivity contribution in [3.8, 4) is 5.88 Å². The number of hydrogen-bond donors (Lipinski definition) is 1. The minimum atomic E-state index is -1.12. The molecule has 0 atom stereocenters. The molecule has 0 aliphatic carbocycles. The molecule has 1 heterocycles. The van der Waals surface area contributed by atoms with Crippen LogP contribution in [0.15, 0.2) is 36.4 Å². The van der Waals surface area contributed by atoms with Gasteiger partial charge < -0.3 is 9.84 Å². The first-order valence-corrected chi connectivity index (χ1v) is 5.47. The lowest BCUT2D eigenvalue weighted by atomic mass is 10.2. The van der Waals surface area contributed by atoms with Crippen LogP contribution in [-0.2, 0) is 6.61 Å². The first kappa shape index (κ1) is 12.3. The van der Waals surface area contributed by atoms with E-state index in [2.05, 4.69) is 10.2 Å². The Balaban J connectivity index is 1.97.